The van der Waals surface area contributed by atoms with Crippen molar-refractivity contribution in [1.29, 1.82) is 0 Å². The monoisotopic (exact) mass is 458 g/mol. The summed E-state index contributed by atoms with van der Waals surface area (Å²) >= 11 is 0. The minimum Gasteiger partial charge on any atom is -0.496 e. The van der Waals surface area contributed by atoms with Crippen LogP contribution in [0.25, 0.3) is 10.8 Å². The zero-order valence-corrected chi connectivity index (χ0v) is 20.1. The number of nitrogens with one attached hydrogen (secondary N) is 1. The van der Waals surface area contributed by atoms with Crippen LogP contribution < -0.4 is 10.1 Å². The highest BCUT2D eigenvalue weighted by atomic mass is 16.5. The number of allylic oxidation sites excluding steroid dienone is 1. The summed E-state index contributed by atoms with van der Waals surface area (Å²) in [6, 6.07) is 12.9. The molecule has 5 rings (SSSR count). The summed E-state index contributed by atoms with van der Waals surface area (Å²) in [4.78, 5) is 15.4. The topological polar surface area (TPSA) is 59.4 Å². The number of nitrogens with zero attached hydrogens (tertiary/aromatic N) is 3. The van der Waals surface area contributed by atoms with Crippen molar-refractivity contribution in [3.8, 4) is 5.75 Å². The third-order valence-corrected chi connectivity index (χ3v) is 7.28. The highest BCUT2D eigenvalue weighted by molar-refractivity contribution is 5.94. The fourth-order valence-electron chi connectivity index (χ4n) is 5.49. The van der Waals surface area contributed by atoms with Gasteiger partial charge in [-0.05, 0) is 55.4 Å². The molecule has 1 atom stereocenters. The van der Waals surface area contributed by atoms with Crippen molar-refractivity contribution >= 4 is 16.7 Å². The molecule has 0 bridgehead atoms. The average Bonchev–Trinajstić information content (AvgIpc) is 3.25. The largest absolute Gasteiger partial charge is 0.496 e. The molecule has 3 aromatic rings. The second-order valence-corrected chi connectivity index (χ2v) is 9.39. The predicted molar refractivity (Wildman–Crippen MR) is 135 cm³/mol. The molecule has 1 amide bonds. The number of hydrogen-bond acceptors (Lipinski definition) is 4. The van der Waals surface area contributed by atoms with Crippen molar-refractivity contribution in [2.24, 2.45) is 0 Å². The molecule has 1 aliphatic heterocycles. The van der Waals surface area contributed by atoms with Crippen molar-refractivity contribution in [2.75, 3.05) is 20.2 Å². The molecule has 0 spiro atoms. The van der Waals surface area contributed by atoms with Crippen LogP contribution in [0.2, 0.25) is 0 Å². The molecule has 6 heteroatoms. The van der Waals surface area contributed by atoms with Gasteiger partial charge in [0, 0.05) is 42.5 Å². The van der Waals surface area contributed by atoms with E-state index in [0.717, 1.165) is 63.1 Å². The maximum atomic E-state index is 13.4. The molecule has 1 fully saturated rings. The van der Waals surface area contributed by atoms with E-state index in [1.165, 1.54) is 28.5 Å². The lowest BCUT2D eigenvalue weighted by Crippen LogP contribution is -2.38. The molecule has 0 unspecified atom stereocenters. The van der Waals surface area contributed by atoms with Gasteiger partial charge in [0.05, 0.1) is 13.7 Å². The molecular formula is C28H34N4O2. The van der Waals surface area contributed by atoms with E-state index in [1.54, 1.807) is 7.11 Å². The number of rotatable bonds is 7. The first-order valence-corrected chi connectivity index (χ1v) is 12.5. The first-order chi connectivity index (χ1) is 16.7. The summed E-state index contributed by atoms with van der Waals surface area (Å²) in [7, 11) is 1.73. The van der Waals surface area contributed by atoms with E-state index in [2.05, 4.69) is 42.2 Å². The number of aromatic nitrogens is 2. The standard InChI is InChI=1S/C28H34N4O2/c1-3-15-32-25-13-12-21(18-23(25)27(30-32)28(33)31-16-7-4-8-17-31)29-19-24-22-10-6-5-9-20(22)11-14-26(24)34-2/h3,5-6,9-11,14,21,29H,1,4,7-8,12-13,15-19H2,2H3/t21-/m1/s1. The summed E-state index contributed by atoms with van der Waals surface area (Å²) in [5.41, 5.74) is 4.14. The minimum atomic E-state index is 0.0927. The highest BCUT2D eigenvalue weighted by Gasteiger charge is 2.31. The zero-order chi connectivity index (χ0) is 23.5. The van der Waals surface area contributed by atoms with Crippen molar-refractivity contribution in [1.82, 2.24) is 20.0 Å². The van der Waals surface area contributed by atoms with Crippen LogP contribution in [-0.4, -0.2) is 46.8 Å². The fraction of sp³-hybridized carbons (Fsp3) is 0.429. The molecule has 2 aromatic carbocycles. The van der Waals surface area contributed by atoms with E-state index in [-0.39, 0.29) is 11.9 Å². The molecule has 0 saturated carbocycles. The van der Waals surface area contributed by atoms with Crippen LogP contribution in [0.15, 0.2) is 49.1 Å². The van der Waals surface area contributed by atoms with Crippen LogP contribution in [0.1, 0.15) is 53.0 Å². The lowest BCUT2D eigenvalue weighted by atomic mass is 9.90. The van der Waals surface area contributed by atoms with Crippen molar-refractivity contribution in [3.05, 3.63) is 71.6 Å². The molecule has 2 aliphatic rings. The van der Waals surface area contributed by atoms with E-state index >= 15 is 0 Å². The molecule has 6 nitrogen and oxygen atoms in total. The Kier molecular flexibility index (Phi) is 6.68. The first kappa shape index (κ1) is 22.7. The van der Waals surface area contributed by atoms with Gasteiger partial charge in [-0.2, -0.15) is 5.10 Å². The first-order valence-electron chi connectivity index (χ1n) is 12.5. The summed E-state index contributed by atoms with van der Waals surface area (Å²) in [6.07, 6.45) is 7.97. The normalized spacial score (nSPS) is 18.0. The number of benzene rings is 2. The molecule has 1 aromatic heterocycles. The Morgan fingerprint density at radius 1 is 1.21 bits per heavy atom. The van der Waals surface area contributed by atoms with Gasteiger partial charge in [-0.3, -0.25) is 9.48 Å². The Morgan fingerprint density at radius 3 is 2.82 bits per heavy atom. The van der Waals surface area contributed by atoms with Crippen LogP contribution in [0.3, 0.4) is 0 Å². The minimum absolute atomic E-state index is 0.0927. The summed E-state index contributed by atoms with van der Waals surface area (Å²) in [5.74, 6) is 0.998. The summed E-state index contributed by atoms with van der Waals surface area (Å²) in [6.45, 7) is 6.93. The van der Waals surface area contributed by atoms with Gasteiger partial charge in [0.25, 0.3) is 5.91 Å². The van der Waals surface area contributed by atoms with Gasteiger partial charge < -0.3 is 15.0 Å². The molecule has 1 N–H and O–H groups in total. The predicted octanol–water partition coefficient (Wildman–Crippen LogP) is 4.50. The smallest absolute Gasteiger partial charge is 0.274 e. The molecular weight excluding hydrogens is 424 g/mol. The van der Waals surface area contributed by atoms with Crippen LogP contribution in [0, 0.1) is 0 Å². The number of methoxy groups -OCH3 is 1. The number of fused-ring (bicyclic) bond motifs is 2. The Balaban J connectivity index is 1.38. The van der Waals surface area contributed by atoms with Gasteiger partial charge >= 0.3 is 0 Å². The Hall–Kier alpha value is -3.12. The summed E-state index contributed by atoms with van der Waals surface area (Å²) in [5, 5.41) is 11.0. The van der Waals surface area contributed by atoms with E-state index in [1.807, 2.05) is 21.7 Å². The Bertz CT molecular complexity index is 1190. The lowest BCUT2D eigenvalue weighted by Gasteiger charge is -2.28. The van der Waals surface area contributed by atoms with Crippen LogP contribution in [0.4, 0.5) is 0 Å². The van der Waals surface area contributed by atoms with E-state index in [4.69, 9.17) is 9.84 Å². The number of carbonyl (C=O) groups is 1. The van der Waals surface area contributed by atoms with Crippen molar-refractivity contribution in [3.63, 3.8) is 0 Å². The van der Waals surface area contributed by atoms with E-state index in [0.29, 0.717) is 12.2 Å². The molecule has 1 aliphatic carbocycles. The van der Waals surface area contributed by atoms with Gasteiger partial charge in [-0.25, -0.2) is 0 Å². The molecule has 178 valence electrons. The maximum Gasteiger partial charge on any atom is 0.274 e. The van der Waals surface area contributed by atoms with E-state index in [9.17, 15) is 4.79 Å². The van der Waals surface area contributed by atoms with Gasteiger partial charge in [0.1, 0.15) is 5.75 Å². The SMILES string of the molecule is C=CCn1nc(C(=O)N2CCCCC2)c2c1CC[C@@H](NCc1c(OC)ccc3ccccc13)C2. The van der Waals surface area contributed by atoms with Gasteiger partial charge in [0.2, 0.25) is 0 Å². The second kappa shape index (κ2) is 10.0. The number of ether oxygens (including phenoxy) is 1. The molecule has 34 heavy (non-hydrogen) atoms. The van der Waals surface area contributed by atoms with Gasteiger partial charge in [0.15, 0.2) is 5.69 Å². The van der Waals surface area contributed by atoms with Gasteiger partial charge in [-0.1, -0.05) is 36.4 Å². The number of hydrogen-bond donors (Lipinski definition) is 1. The van der Waals surface area contributed by atoms with Crippen LogP contribution in [0.5, 0.6) is 5.75 Å². The zero-order valence-electron chi connectivity index (χ0n) is 20.1. The third kappa shape index (κ3) is 4.34. The van der Waals surface area contributed by atoms with Crippen LogP contribution >= 0.6 is 0 Å². The quantitative estimate of drug-likeness (QED) is 0.530. The Labute approximate surface area is 201 Å². The summed E-state index contributed by atoms with van der Waals surface area (Å²) < 4.78 is 7.67. The molecule has 2 heterocycles. The second-order valence-electron chi connectivity index (χ2n) is 9.39. The molecule has 0 radical (unpaired) electrons. The number of piperidine rings is 1. The number of carbonyl (C=O) groups excluding carboxylic acids is 1. The highest BCUT2D eigenvalue weighted by Crippen LogP contribution is 2.30. The lowest BCUT2D eigenvalue weighted by molar-refractivity contribution is 0.0716. The number of amides is 1. The van der Waals surface area contributed by atoms with E-state index < -0.39 is 0 Å². The third-order valence-electron chi connectivity index (χ3n) is 7.28. The maximum absolute atomic E-state index is 13.4. The average molecular weight is 459 g/mol. The van der Waals surface area contributed by atoms with Crippen molar-refractivity contribution in [2.45, 2.75) is 57.7 Å². The fourth-order valence-corrected chi connectivity index (χ4v) is 5.49. The molecule has 1 saturated heterocycles. The Morgan fingerprint density at radius 2 is 2.03 bits per heavy atom. The van der Waals surface area contributed by atoms with Crippen molar-refractivity contribution < 1.29 is 9.53 Å². The number of likely N-dealkylation sites (tertiary alicyclic amines) is 1. The van der Waals surface area contributed by atoms with Gasteiger partial charge in [-0.15, -0.1) is 6.58 Å². The van der Waals surface area contributed by atoms with Crippen LogP contribution in [-0.2, 0) is 25.9 Å².